The standard InChI is InChI=1S/C14H17N3O3/c18-8-13(6-12-7-15-10-16-12)17-14(19)20-9-11-4-2-1-3-5-11/h1-5,7,10,13,18H,6,8-9H2,(H,15,16)(H,17,19)/t13-/m0/s1. The minimum Gasteiger partial charge on any atom is -0.445 e. The van der Waals surface area contributed by atoms with E-state index in [2.05, 4.69) is 15.3 Å². The summed E-state index contributed by atoms with van der Waals surface area (Å²) in [6, 6.07) is 9.01. The number of carbonyl (C=O) groups excluding carboxylic acids is 1. The Labute approximate surface area is 116 Å². The topological polar surface area (TPSA) is 87.2 Å². The average Bonchev–Trinajstić information content (AvgIpc) is 2.98. The number of nitrogens with one attached hydrogen (secondary N) is 2. The van der Waals surface area contributed by atoms with Crippen LogP contribution in [-0.4, -0.2) is 33.8 Å². The van der Waals surface area contributed by atoms with E-state index in [9.17, 15) is 9.90 Å². The molecule has 0 unspecified atom stereocenters. The second-order valence-corrected chi connectivity index (χ2v) is 4.37. The number of rotatable bonds is 6. The van der Waals surface area contributed by atoms with Crippen molar-refractivity contribution in [3.63, 3.8) is 0 Å². The van der Waals surface area contributed by atoms with Crippen LogP contribution >= 0.6 is 0 Å². The first kappa shape index (κ1) is 14.1. The Kier molecular flexibility index (Phi) is 5.14. The van der Waals surface area contributed by atoms with Crippen LogP contribution in [0.5, 0.6) is 0 Å². The molecule has 0 saturated heterocycles. The first-order chi connectivity index (χ1) is 9.78. The molecular weight excluding hydrogens is 258 g/mol. The molecule has 1 heterocycles. The summed E-state index contributed by atoms with van der Waals surface area (Å²) < 4.78 is 5.09. The number of aromatic amines is 1. The SMILES string of the molecule is O=C(N[C@H](CO)Cc1cnc[nH]1)OCc1ccccc1. The van der Waals surface area contributed by atoms with Crippen LogP contribution in [0.3, 0.4) is 0 Å². The summed E-state index contributed by atoms with van der Waals surface area (Å²) in [7, 11) is 0. The number of alkyl carbamates (subject to hydrolysis) is 1. The lowest BCUT2D eigenvalue weighted by molar-refractivity contribution is 0.129. The van der Waals surface area contributed by atoms with Crippen LogP contribution < -0.4 is 5.32 Å². The molecule has 0 spiro atoms. The van der Waals surface area contributed by atoms with Gasteiger partial charge < -0.3 is 20.1 Å². The third kappa shape index (κ3) is 4.40. The Bertz CT molecular complexity index is 514. The van der Waals surface area contributed by atoms with Gasteiger partial charge in [0.2, 0.25) is 0 Å². The summed E-state index contributed by atoms with van der Waals surface area (Å²) in [4.78, 5) is 18.4. The molecule has 1 atom stereocenters. The molecule has 0 saturated carbocycles. The van der Waals surface area contributed by atoms with Crippen LogP contribution in [0.15, 0.2) is 42.9 Å². The van der Waals surface area contributed by atoms with E-state index in [-0.39, 0.29) is 13.2 Å². The highest BCUT2D eigenvalue weighted by molar-refractivity contribution is 5.67. The summed E-state index contributed by atoms with van der Waals surface area (Å²) in [6.07, 6.45) is 3.13. The zero-order chi connectivity index (χ0) is 14.2. The number of aliphatic hydroxyl groups excluding tert-OH is 1. The van der Waals surface area contributed by atoms with Crippen molar-refractivity contribution in [1.82, 2.24) is 15.3 Å². The minimum atomic E-state index is -0.549. The van der Waals surface area contributed by atoms with E-state index in [4.69, 9.17) is 4.74 Å². The summed E-state index contributed by atoms with van der Waals surface area (Å²) in [5.74, 6) is 0. The van der Waals surface area contributed by atoms with Crippen LogP contribution in [0, 0.1) is 0 Å². The fraction of sp³-hybridized carbons (Fsp3) is 0.286. The summed E-state index contributed by atoms with van der Waals surface area (Å²) >= 11 is 0. The number of aromatic nitrogens is 2. The summed E-state index contributed by atoms with van der Waals surface area (Å²) in [6.45, 7) is 0.0360. The van der Waals surface area contributed by atoms with Crippen LogP contribution in [0.2, 0.25) is 0 Å². The van der Waals surface area contributed by atoms with Crippen molar-refractivity contribution in [3.05, 3.63) is 54.1 Å². The van der Waals surface area contributed by atoms with Crippen molar-refractivity contribution in [3.8, 4) is 0 Å². The Morgan fingerprint density at radius 3 is 2.85 bits per heavy atom. The van der Waals surface area contributed by atoms with Crippen molar-refractivity contribution in [1.29, 1.82) is 0 Å². The van der Waals surface area contributed by atoms with Crippen LogP contribution in [0.4, 0.5) is 4.79 Å². The largest absolute Gasteiger partial charge is 0.445 e. The second-order valence-electron chi connectivity index (χ2n) is 4.37. The van der Waals surface area contributed by atoms with Gasteiger partial charge in [0.05, 0.1) is 19.0 Å². The van der Waals surface area contributed by atoms with Gasteiger partial charge in [-0.05, 0) is 5.56 Å². The molecule has 0 aliphatic rings. The molecule has 2 aromatic rings. The molecule has 6 heteroatoms. The number of imidazole rings is 1. The van der Waals surface area contributed by atoms with E-state index in [0.29, 0.717) is 6.42 Å². The number of hydrogen-bond acceptors (Lipinski definition) is 4. The molecule has 1 aromatic heterocycles. The zero-order valence-corrected chi connectivity index (χ0v) is 11.0. The van der Waals surface area contributed by atoms with Gasteiger partial charge in [0.15, 0.2) is 0 Å². The van der Waals surface area contributed by atoms with Crippen molar-refractivity contribution >= 4 is 6.09 Å². The highest BCUT2D eigenvalue weighted by Gasteiger charge is 2.13. The highest BCUT2D eigenvalue weighted by Crippen LogP contribution is 2.02. The molecule has 20 heavy (non-hydrogen) atoms. The number of hydrogen-bond donors (Lipinski definition) is 3. The third-order valence-electron chi connectivity index (χ3n) is 2.78. The molecule has 1 amide bonds. The van der Waals surface area contributed by atoms with Gasteiger partial charge in [-0.15, -0.1) is 0 Å². The maximum atomic E-state index is 11.6. The molecule has 0 fully saturated rings. The van der Waals surface area contributed by atoms with Gasteiger partial charge >= 0.3 is 6.09 Å². The van der Waals surface area contributed by atoms with E-state index in [1.54, 1.807) is 12.5 Å². The van der Waals surface area contributed by atoms with E-state index >= 15 is 0 Å². The summed E-state index contributed by atoms with van der Waals surface area (Å²) in [5, 5.41) is 11.9. The molecule has 3 N–H and O–H groups in total. The Balaban J connectivity index is 1.77. The molecule has 0 radical (unpaired) electrons. The van der Waals surface area contributed by atoms with Gasteiger partial charge in [0.1, 0.15) is 6.61 Å². The van der Waals surface area contributed by atoms with Gasteiger partial charge in [0.25, 0.3) is 0 Å². The highest BCUT2D eigenvalue weighted by atomic mass is 16.5. The molecule has 2 rings (SSSR count). The van der Waals surface area contributed by atoms with Gasteiger partial charge in [-0.25, -0.2) is 9.78 Å². The lowest BCUT2D eigenvalue weighted by atomic mass is 10.2. The Hall–Kier alpha value is -2.34. The molecule has 106 valence electrons. The predicted molar refractivity (Wildman–Crippen MR) is 72.9 cm³/mol. The molecule has 0 bridgehead atoms. The van der Waals surface area contributed by atoms with Gasteiger partial charge in [-0.1, -0.05) is 30.3 Å². The number of nitrogens with zero attached hydrogens (tertiary/aromatic N) is 1. The van der Waals surface area contributed by atoms with Crippen LogP contribution in [0.25, 0.3) is 0 Å². The maximum absolute atomic E-state index is 11.6. The van der Waals surface area contributed by atoms with Crippen molar-refractivity contribution < 1.29 is 14.6 Å². The number of H-pyrrole nitrogens is 1. The molecular formula is C14H17N3O3. The van der Waals surface area contributed by atoms with Gasteiger partial charge in [-0.3, -0.25) is 0 Å². The monoisotopic (exact) mass is 275 g/mol. The quantitative estimate of drug-likeness (QED) is 0.740. The van der Waals surface area contributed by atoms with E-state index in [1.165, 1.54) is 0 Å². The zero-order valence-electron chi connectivity index (χ0n) is 11.0. The number of carbonyl (C=O) groups is 1. The molecule has 6 nitrogen and oxygen atoms in total. The summed E-state index contributed by atoms with van der Waals surface area (Å²) in [5.41, 5.74) is 1.75. The normalized spacial score (nSPS) is 11.8. The third-order valence-corrected chi connectivity index (χ3v) is 2.78. The van der Waals surface area contributed by atoms with Crippen molar-refractivity contribution in [2.45, 2.75) is 19.1 Å². The van der Waals surface area contributed by atoms with E-state index in [1.807, 2.05) is 30.3 Å². The van der Waals surface area contributed by atoms with Crippen molar-refractivity contribution in [2.24, 2.45) is 0 Å². The Morgan fingerprint density at radius 2 is 2.20 bits per heavy atom. The van der Waals surface area contributed by atoms with Crippen LogP contribution in [-0.2, 0) is 17.8 Å². The molecule has 0 aliphatic carbocycles. The first-order valence-corrected chi connectivity index (χ1v) is 6.33. The lowest BCUT2D eigenvalue weighted by Gasteiger charge is -2.15. The minimum absolute atomic E-state index is 0.167. The van der Waals surface area contributed by atoms with Crippen molar-refractivity contribution in [2.75, 3.05) is 6.61 Å². The van der Waals surface area contributed by atoms with Gasteiger partial charge in [-0.2, -0.15) is 0 Å². The molecule has 1 aromatic carbocycles. The predicted octanol–water partition coefficient (Wildman–Crippen LogP) is 1.24. The first-order valence-electron chi connectivity index (χ1n) is 6.33. The Morgan fingerprint density at radius 1 is 1.40 bits per heavy atom. The number of benzene rings is 1. The van der Waals surface area contributed by atoms with E-state index in [0.717, 1.165) is 11.3 Å². The van der Waals surface area contributed by atoms with E-state index < -0.39 is 12.1 Å². The molecule has 0 aliphatic heterocycles. The average molecular weight is 275 g/mol. The number of amides is 1. The van der Waals surface area contributed by atoms with Gasteiger partial charge in [0, 0.05) is 18.3 Å². The fourth-order valence-corrected chi connectivity index (χ4v) is 1.75. The number of aliphatic hydroxyl groups is 1. The fourth-order valence-electron chi connectivity index (χ4n) is 1.75. The number of ether oxygens (including phenoxy) is 1. The maximum Gasteiger partial charge on any atom is 0.407 e. The second kappa shape index (κ2) is 7.30. The smallest absolute Gasteiger partial charge is 0.407 e. The lowest BCUT2D eigenvalue weighted by Crippen LogP contribution is -2.39. The van der Waals surface area contributed by atoms with Crippen LogP contribution in [0.1, 0.15) is 11.3 Å².